The molecule has 1 saturated carbocycles. The fourth-order valence-electron chi connectivity index (χ4n) is 1.61. The van der Waals surface area contributed by atoms with Crippen LogP contribution >= 0.6 is 0 Å². The zero-order chi connectivity index (χ0) is 8.48. The Hall–Kier alpha value is -0.370. The van der Waals surface area contributed by atoms with Crippen LogP contribution in [0.5, 0.6) is 0 Å². The van der Waals surface area contributed by atoms with Gasteiger partial charge < -0.3 is 5.32 Å². The van der Waals surface area contributed by atoms with Gasteiger partial charge in [0.2, 0.25) is 0 Å². The molecular weight excluding hydrogens is 138 g/mol. The summed E-state index contributed by atoms with van der Waals surface area (Å²) in [5, 5.41) is 3.44. The fourth-order valence-corrected chi connectivity index (χ4v) is 1.61. The number of hydrogen-bond acceptors (Lipinski definition) is 2. The summed E-state index contributed by atoms with van der Waals surface area (Å²) >= 11 is 0. The summed E-state index contributed by atoms with van der Waals surface area (Å²) in [5.41, 5.74) is 0.194. The fraction of sp³-hybridized carbons (Fsp3) is 0.889. The summed E-state index contributed by atoms with van der Waals surface area (Å²) in [6.45, 7) is 5.92. The van der Waals surface area contributed by atoms with Gasteiger partial charge in [-0.25, -0.2) is 0 Å². The zero-order valence-electron chi connectivity index (χ0n) is 7.61. The number of nitrogens with one attached hydrogen (secondary N) is 1. The molecule has 0 amide bonds. The summed E-state index contributed by atoms with van der Waals surface area (Å²) in [6.07, 6.45) is 3.06. The van der Waals surface area contributed by atoms with Crippen LogP contribution in [0.3, 0.4) is 0 Å². The monoisotopic (exact) mass is 155 g/mol. The Morgan fingerprint density at radius 2 is 2.09 bits per heavy atom. The van der Waals surface area contributed by atoms with Crippen molar-refractivity contribution in [2.45, 2.75) is 51.6 Å². The van der Waals surface area contributed by atoms with Crippen molar-refractivity contribution in [2.24, 2.45) is 0 Å². The van der Waals surface area contributed by atoms with Crippen molar-refractivity contribution in [1.29, 1.82) is 0 Å². The van der Waals surface area contributed by atoms with E-state index < -0.39 is 0 Å². The second-order valence-corrected chi connectivity index (χ2v) is 3.96. The number of rotatable bonds is 4. The first-order valence-electron chi connectivity index (χ1n) is 4.31. The number of Topliss-reactive ketones (excluding diaryl/α,β-unsaturated/α-hetero) is 1. The SMILES string of the molecule is CC(=O)CC1(NC(C)C)CC1. The smallest absolute Gasteiger partial charge is 0.131 e. The van der Waals surface area contributed by atoms with Crippen molar-refractivity contribution in [1.82, 2.24) is 5.32 Å². The van der Waals surface area contributed by atoms with Gasteiger partial charge in [-0.2, -0.15) is 0 Å². The molecule has 0 spiro atoms. The van der Waals surface area contributed by atoms with E-state index in [0.29, 0.717) is 18.2 Å². The quantitative estimate of drug-likeness (QED) is 0.666. The van der Waals surface area contributed by atoms with Gasteiger partial charge in [-0.3, -0.25) is 4.79 Å². The van der Waals surface area contributed by atoms with Crippen LogP contribution < -0.4 is 5.32 Å². The summed E-state index contributed by atoms with van der Waals surface area (Å²) in [5.74, 6) is 0.302. The molecule has 1 N–H and O–H groups in total. The number of carbonyl (C=O) groups excluding carboxylic acids is 1. The van der Waals surface area contributed by atoms with Gasteiger partial charge in [-0.05, 0) is 19.8 Å². The summed E-state index contributed by atoms with van der Waals surface area (Å²) in [4.78, 5) is 10.8. The van der Waals surface area contributed by atoms with E-state index >= 15 is 0 Å². The second-order valence-electron chi connectivity index (χ2n) is 3.96. The molecule has 2 nitrogen and oxygen atoms in total. The van der Waals surface area contributed by atoms with Crippen molar-refractivity contribution in [3.63, 3.8) is 0 Å². The van der Waals surface area contributed by atoms with Crippen LogP contribution in [-0.2, 0) is 4.79 Å². The van der Waals surface area contributed by atoms with E-state index in [1.165, 1.54) is 12.8 Å². The summed E-state index contributed by atoms with van der Waals surface area (Å²) in [7, 11) is 0. The van der Waals surface area contributed by atoms with E-state index in [2.05, 4.69) is 19.2 Å². The molecule has 2 heteroatoms. The number of ketones is 1. The Labute approximate surface area is 68.4 Å². The predicted molar refractivity (Wildman–Crippen MR) is 45.5 cm³/mol. The van der Waals surface area contributed by atoms with Crippen LogP contribution in [0, 0.1) is 0 Å². The van der Waals surface area contributed by atoms with E-state index in [-0.39, 0.29) is 5.54 Å². The highest BCUT2D eigenvalue weighted by molar-refractivity contribution is 5.77. The van der Waals surface area contributed by atoms with E-state index in [1.54, 1.807) is 6.92 Å². The van der Waals surface area contributed by atoms with Crippen LogP contribution in [0.1, 0.15) is 40.0 Å². The van der Waals surface area contributed by atoms with Crippen LogP contribution in [0.25, 0.3) is 0 Å². The lowest BCUT2D eigenvalue weighted by molar-refractivity contribution is -0.117. The van der Waals surface area contributed by atoms with Crippen molar-refractivity contribution >= 4 is 5.78 Å². The Bertz CT molecular complexity index is 159. The Kier molecular flexibility index (Phi) is 2.33. The molecule has 0 radical (unpaired) electrons. The predicted octanol–water partition coefficient (Wildman–Crippen LogP) is 1.50. The molecule has 1 aliphatic rings. The first-order valence-corrected chi connectivity index (χ1v) is 4.31. The molecule has 0 aromatic carbocycles. The van der Waals surface area contributed by atoms with Gasteiger partial charge in [0.1, 0.15) is 5.78 Å². The van der Waals surface area contributed by atoms with Crippen molar-refractivity contribution in [3.8, 4) is 0 Å². The van der Waals surface area contributed by atoms with Gasteiger partial charge in [0, 0.05) is 18.0 Å². The first kappa shape index (κ1) is 8.72. The van der Waals surface area contributed by atoms with Crippen LogP contribution in [0.4, 0.5) is 0 Å². The van der Waals surface area contributed by atoms with Gasteiger partial charge >= 0.3 is 0 Å². The van der Waals surface area contributed by atoms with E-state index in [4.69, 9.17) is 0 Å². The Balaban J connectivity index is 2.35. The molecule has 0 aliphatic heterocycles. The maximum atomic E-state index is 10.8. The van der Waals surface area contributed by atoms with Crippen molar-refractivity contribution in [2.75, 3.05) is 0 Å². The number of hydrogen-bond donors (Lipinski definition) is 1. The minimum Gasteiger partial charge on any atom is -0.309 e. The van der Waals surface area contributed by atoms with Gasteiger partial charge in [0.25, 0.3) is 0 Å². The summed E-state index contributed by atoms with van der Waals surface area (Å²) in [6, 6.07) is 0.497. The summed E-state index contributed by atoms with van der Waals surface area (Å²) < 4.78 is 0. The second kappa shape index (κ2) is 2.94. The highest BCUT2D eigenvalue weighted by Gasteiger charge is 2.43. The lowest BCUT2D eigenvalue weighted by Crippen LogP contribution is -2.38. The Morgan fingerprint density at radius 3 is 2.36 bits per heavy atom. The minimum atomic E-state index is 0.194. The topological polar surface area (TPSA) is 29.1 Å². The van der Waals surface area contributed by atoms with Gasteiger partial charge in [0.15, 0.2) is 0 Å². The minimum absolute atomic E-state index is 0.194. The molecule has 0 bridgehead atoms. The third kappa shape index (κ3) is 2.62. The maximum Gasteiger partial charge on any atom is 0.131 e. The molecule has 1 aliphatic carbocycles. The lowest BCUT2D eigenvalue weighted by atomic mass is 10.1. The third-order valence-electron chi connectivity index (χ3n) is 2.04. The highest BCUT2D eigenvalue weighted by Crippen LogP contribution is 2.39. The van der Waals surface area contributed by atoms with Gasteiger partial charge in [0.05, 0.1) is 0 Å². The number of carbonyl (C=O) groups is 1. The van der Waals surface area contributed by atoms with Crippen LogP contribution in [0.2, 0.25) is 0 Å². The zero-order valence-corrected chi connectivity index (χ0v) is 7.61. The van der Waals surface area contributed by atoms with E-state index in [9.17, 15) is 4.79 Å². The molecule has 0 saturated heterocycles. The molecule has 11 heavy (non-hydrogen) atoms. The van der Waals surface area contributed by atoms with E-state index in [1.807, 2.05) is 0 Å². The molecule has 1 rings (SSSR count). The molecule has 0 atom stereocenters. The Morgan fingerprint density at radius 1 is 1.55 bits per heavy atom. The van der Waals surface area contributed by atoms with Gasteiger partial charge in [-0.15, -0.1) is 0 Å². The largest absolute Gasteiger partial charge is 0.309 e. The van der Waals surface area contributed by atoms with Crippen molar-refractivity contribution in [3.05, 3.63) is 0 Å². The molecular formula is C9H17NO. The van der Waals surface area contributed by atoms with E-state index in [0.717, 1.165) is 0 Å². The van der Waals surface area contributed by atoms with Crippen LogP contribution in [0.15, 0.2) is 0 Å². The molecule has 0 aromatic heterocycles. The molecule has 0 unspecified atom stereocenters. The van der Waals surface area contributed by atoms with Crippen LogP contribution in [-0.4, -0.2) is 17.4 Å². The molecule has 64 valence electrons. The normalized spacial score (nSPS) is 20.4. The average molecular weight is 155 g/mol. The molecule has 0 heterocycles. The standard InChI is InChI=1S/C9H17NO/c1-7(2)10-9(4-5-9)6-8(3)11/h7,10H,4-6H2,1-3H3. The third-order valence-corrected chi connectivity index (χ3v) is 2.04. The van der Waals surface area contributed by atoms with Gasteiger partial charge in [-0.1, -0.05) is 13.8 Å². The maximum absolute atomic E-state index is 10.8. The lowest BCUT2D eigenvalue weighted by Gasteiger charge is -2.18. The first-order chi connectivity index (χ1) is 5.04. The van der Waals surface area contributed by atoms with Crippen molar-refractivity contribution < 1.29 is 4.79 Å². The highest BCUT2D eigenvalue weighted by atomic mass is 16.1. The molecule has 1 fully saturated rings. The average Bonchev–Trinajstić information content (AvgIpc) is 2.43. The molecule has 0 aromatic rings.